The monoisotopic (exact) mass is 496 g/mol. The molecule has 2 aromatic carbocycles. The minimum atomic E-state index is -0.580. The van der Waals surface area contributed by atoms with Gasteiger partial charge in [0.25, 0.3) is 5.56 Å². The second-order valence-corrected chi connectivity index (χ2v) is 9.09. The number of thiazole rings is 1. The van der Waals surface area contributed by atoms with E-state index >= 15 is 0 Å². The van der Waals surface area contributed by atoms with Gasteiger partial charge in [-0.3, -0.25) is 9.36 Å². The maximum atomic E-state index is 13.5. The van der Waals surface area contributed by atoms with Crippen molar-refractivity contribution in [3.05, 3.63) is 101 Å². The van der Waals surface area contributed by atoms with Crippen LogP contribution in [0.1, 0.15) is 36.6 Å². The zero-order valence-corrected chi connectivity index (χ0v) is 19.8. The van der Waals surface area contributed by atoms with Gasteiger partial charge in [0, 0.05) is 4.47 Å². The van der Waals surface area contributed by atoms with Gasteiger partial charge in [-0.15, -0.1) is 0 Å². The molecule has 0 fully saturated rings. The van der Waals surface area contributed by atoms with Crippen molar-refractivity contribution in [2.24, 2.45) is 4.99 Å². The number of rotatable bonds is 4. The van der Waals surface area contributed by atoms with Crippen LogP contribution < -0.4 is 14.9 Å². The number of allylic oxidation sites excluding steroid dienone is 1. The first kappa shape index (κ1) is 21.5. The molecule has 7 heteroatoms. The molecular weight excluding hydrogens is 476 g/mol. The number of esters is 1. The molecule has 1 atom stereocenters. The second kappa shape index (κ2) is 8.77. The van der Waals surface area contributed by atoms with Crippen LogP contribution in [-0.2, 0) is 9.53 Å². The predicted molar refractivity (Wildman–Crippen MR) is 126 cm³/mol. The molecular formula is C24H21BrN2O3S. The molecule has 0 N–H and O–H groups in total. The topological polar surface area (TPSA) is 60.7 Å². The summed E-state index contributed by atoms with van der Waals surface area (Å²) in [4.78, 5) is 31.5. The zero-order valence-electron chi connectivity index (χ0n) is 17.4. The molecule has 2 heterocycles. The quantitative estimate of drug-likeness (QED) is 0.515. The fraction of sp³-hybridized carbons (Fsp3) is 0.208. The lowest BCUT2D eigenvalue weighted by Gasteiger charge is -2.24. The second-order valence-electron chi connectivity index (χ2n) is 7.22. The summed E-state index contributed by atoms with van der Waals surface area (Å²) >= 11 is 4.87. The summed E-state index contributed by atoms with van der Waals surface area (Å²) in [7, 11) is 0. The van der Waals surface area contributed by atoms with E-state index < -0.39 is 12.0 Å². The van der Waals surface area contributed by atoms with Crippen molar-refractivity contribution in [2.75, 3.05) is 6.61 Å². The van der Waals surface area contributed by atoms with Crippen molar-refractivity contribution in [1.82, 2.24) is 4.57 Å². The lowest BCUT2D eigenvalue weighted by molar-refractivity contribution is -0.139. The van der Waals surface area contributed by atoms with E-state index in [-0.39, 0.29) is 12.2 Å². The summed E-state index contributed by atoms with van der Waals surface area (Å²) in [5.74, 6) is -0.450. The number of carbonyl (C=O) groups excluding carboxylic acids is 1. The molecule has 0 amide bonds. The molecule has 1 aliphatic rings. The third-order valence-corrected chi connectivity index (χ3v) is 6.96. The van der Waals surface area contributed by atoms with E-state index in [4.69, 9.17) is 4.74 Å². The Balaban J connectivity index is 1.95. The molecule has 0 saturated heterocycles. The molecule has 1 aliphatic heterocycles. The van der Waals surface area contributed by atoms with E-state index in [0.29, 0.717) is 20.6 Å². The van der Waals surface area contributed by atoms with Gasteiger partial charge in [0.05, 0.1) is 28.5 Å². The third kappa shape index (κ3) is 4.07. The van der Waals surface area contributed by atoms with Gasteiger partial charge in [-0.05, 0) is 49.6 Å². The Kier molecular flexibility index (Phi) is 6.07. The maximum absolute atomic E-state index is 13.5. The lowest BCUT2D eigenvalue weighted by Crippen LogP contribution is -2.39. The van der Waals surface area contributed by atoms with E-state index in [2.05, 4.69) is 20.9 Å². The van der Waals surface area contributed by atoms with Crippen LogP contribution >= 0.6 is 27.3 Å². The fourth-order valence-corrected chi connectivity index (χ4v) is 5.04. The number of aryl methyl sites for hydroxylation is 1. The number of nitrogens with zero attached hydrogens (tertiary/aromatic N) is 2. The first-order chi connectivity index (χ1) is 14.9. The number of benzene rings is 2. The molecule has 158 valence electrons. The van der Waals surface area contributed by atoms with E-state index in [9.17, 15) is 9.59 Å². The van der Waals surface area contributed by atoms with Crippen molar-refractivity contribution in [1.29, 1.82) is 0 Å². The van der Waals surface area contributed by atoms with Crippen molar-refractivity contribution in [3.63, 3.8) is 0 Å². The highest BCUT2D eigenvalue weighted by Crippen LogP contribution is 2.30. The van der Waals surface area contributed by atoms with Crippen LogP contribution in [0.25, 0.3) is 6.08 Å². The first-order valence-corrected chi connectivity index (χ1v) is 11.5. The fourth-order valence-electron chi connectivity index (χ4n) is 3.59. The minimum absolute atomic E-state index is 0.177. The highest BCUT2D eigenvalue weighted by Gasteiger charge is 2.33. The van der Waals surface area contributed by atoms with Gasteiger partial charge in [0.1, 0.15) is 0 Å². The molecule has 1 unspecified atom stereocenters. The van der Waals surface area contributed by atoms with Crippen LogP contribution in [-0.4, -0.2) is 17.1 Å². The van der Waals surface area contributed by atoms with Crippen LogP contribution in [0.15, 0.2) is 74.1 Å². The number of fused-ring (bicyclic) bond motifs is 1. The van der Waals surface area contributed by atoms with Gasteiger partial charge >= 0.3 is 5.97 Å². The smallest absolute Gasteiger partial charge is 0.338 e. The molecule has 4 rings (SSSR count). The lowest BCUT2D eigenvalue weighted by atomic mass is 9.96. The molecule has 0 aliphatic carbocycles. The van der Waals surface area contributed by atoms with E-state index in [0.717, 1.165) is 21.2 Å². The Morgan fingerprint density at radius 1 is 1.23 bits per heavy atom. The summed E-state index contributed by atoms with van der Waals surface area (Å²) in [5, 5.41) is 0. The largest absolute Gasteiger partial charge is 0.463 e. The number of hydrogen-bond acceptors (Lipinski definition) is 5. The van der Waals surface area contributed by atoms with Crippen molar-refractivity contribution >= 4 is 39.3 Å². The number of ether oxygens (including phenoxy) is 1. The van der Waals surface area contributed by atoms with Gasteiger partial charge in [0.2, 0.25) is 0 Å². The van der Waals surface area contributed by atoms with Gasteiger partial charge in [-0.2, -0.15) is 0 Å². The molecule has 31 heavy (non-hydrogen) atoms. The Hall–Kier alpha value is -2.77. The summed E-state index contributed by atoms with van der Waals surface area (Å²) in [6.07, 6.45) is 1.86. The van der Waals surface area contributed by atoms with Crippen LogP contribution in [0, 0.1) is 6.92 Å². The normalized spacial score (nSPS) is 16.1. The Labute approximate surface area is 192 Å². The molecule has 0 radical (unpaired) electrons. The summed E-state index contributed by atoms with van der Waals surface area (Å²) in [6.45, 7) is 5.82. The van der Waals surface area contributed by atoms with Gasteiger partial charge in [-0.25, -0.2) is 9.79 Å². The van der Waals surface area contributed by atoms with Crippen molar-refractivity contribution in [2.45, 2.75) is 26.8 Å². The van der Waals surface area contributed by atoms with Crippen LogP contribution in [0.5, 0.6) is 0 Å². The Morgan fingerprint density at radius 3 is 2.65 bits per heavy atom. The van der Waals surface area contributed by atoms with Gasteiger partial charge < -0.3 is 4.74 Å². The highest BCUT2D eigenvalue weighted by atomic mass is 79.9. The summed E-state index contributed by atoms with van der Waals surface area (Å²) in [5.41, 5.74) is 3.66. The third-order valence-electron chi connectivity index (χ3n) is 5.13. The molecule has 1 aromatic heterocycles. The number of halogens is 1. The van der Waals surface area contributed by atoms with E-state index in [1.807, 2.05) is 61.5 Å². The van der Waals surface area contributed by atoms with Crippen LogP contribution in [0.2, 0.25) is 0 Å². The van der Waals surface area contributed by atoms with Gasteiger partial charge in [-0.1, -0.05) is 69.7 Å². The van der Waals surface area contributed by atoms with E-state index in [1.54, 1.807) is 18.4 Å². The van der Waals surface area contributed by atoms with Crippen LogP contribution in [0.4, 0.5) is 0 Å². The first-order valence-electron chi connectivity index (χ1n) is 9.91. The minimum Gasteiger partial charge on any atom is -0.463 e. The number of hydrogen-bond donors (Lipinski definition) is 0. The van der Waals surface area contributed by atoms with Crippen LogP contribution in [0.3, 0.4) is 0 Å². The SMILES string of the molecule is CCOC(=O)C1=C(C)N=c2sc(=Cc3ccc(C)c(Br)c3)c(=O)n2C1c1ccccc1. The molecule has 5 nitrogen and oxygen atoms in total. The maximum Gasteiger partial charge on any atom is 0.338 e. The average Bonchev–Trinajstić information content (AvgIpc) is 3.05. The molecule has 3 aromatic rings. The molecule has 0 spiro atoms. The summed E-state index contributed by atoms with van der Waals surface area (Å²) < 4.78 is 8.46. The Bertz CT molecular complexity index is 1370. The zero-order chi connectivity index (χ0) is 22.1. The molecule has 0 saturated carbocycles. The number of aromatic nitrogens is 1. The standard InChI is InChI=1S/C24H21BrN2O3S/c1-4-30-23(29)20-15(3)26-24-27(21(20)17-8-6-5-7-9-17)22(28)19(31-24)13-16-11-10-14(2)18(25)12-16/h5-13,21H,4H2,1-3H3. The molecule has 0 bridgehead atoms. The van der Waals surface area contributed by atoms with E-state index in [1.165, 1.54) is 11.3 Å². The Morgan fingerprint density at radius 2 is 1.97 bits per heavy atom. The van der Waals surface area contributed by atoms with Gasteiger partial charge in [0.15, 0.2) is 4.80 Å². The van der Waals surface area contributed by atoms with Crippen molar-refractivity contribution < 1.29 is 9.53 Å². The van der Waals surface area contributed by atoms with Crippen molar-refractivity contribution in [3.8, 4) is 0 Å². The average molecular weight is 497 g/mol. The highest BCUT2D eigenvalue weighted by molar-refractivity contribution is 9.10. The number of carbonyl (C=O) groups is 1. The predicted octanol–water partition coefficient (Wildman–Crippen LogP) is 3.87. The summed E-state index contributed by atoms with van der Waals surface area (Å²) in [6, 6.07) is 14.9.